The van der Waals surface area contributed by atoms with Crippen molar-refractivity contribution in [1.29, 1.82) is 0 Å². The number of hydrogen-bond acceptors (Lipinski definition) is 3. The highest BCUT2D eigenvalue weighted by atomic mass is 16.3. The van der Waals surface area contributed by atoms with Crippen molar-refractivity contribution in [1.82, 2.24) is 0 Å². The minimum Gasteiger partial charge on any atom is -0.507 e. The fraction of sp³-hybridized carbons (Fsp3) is 0.0303. The third-order valence-corrected chi connectivity index (χ3v) is 6.84. The van der Waals surface area contributed by atoms with Crippen LogP contribution in [-0.4, -0.2) is 15.3 Å². The quantitative estimate of drug-likeness (QED) is 0.245. The molecule has 0 saturated heterocycles. The van der Waals surface area contributed by atoms with E-state index in [0.29, 0.717) is 23.1 Å². The Morgan fingerprint density at radius 2 is 1.14 bits per heavy atom. The number of aromatic hydroxyl groups is 3. The molecule has 174 valence electrons. The lowest BCUT2D eigenvalue weighted by molar-refractivity contribution is 0.463. The molecule has 0 aliphatic rings. The summed E-state index contributed by atoms with van der Waals surface area (Å²) in [6.07, 6.45) is 0.335. The van der Waals surface area contributed by atoms with E-state index in [1.165, 1.54) is 0 Å². The summed E-state index contributed by atoms with van der Waals surface area (Å²) in [7, 11) is 0. The molecule has 0 aromatic heterocycles. The summed E-state index contributed by atoms with van der Waals surface area (Å²) in [6, 6.07) is 36.7. The average Bonchev–Trinajstić information content (AvgIpc) is 2.91. The lowest BCUT2D eigenvalue weighted by atomic mass is 9.88. The minimum atomic E-state index is 0.102. The molecule has 6 rings (SSSR count). The summed E-state index contributed by atoms with van der Waals surface area (Å²) in [5, 5.41) is 37.5. The van der Waals surface area contributed by atoms with Crippen molar-refractivity contribution >= 4 is 21.5 Å². The number of phenols is 3. The van der Waals surface area contributed by atoms with Crippen molar-refractivity contribution < 1.29 is 15.3 Å². The van der Waals surface area contributed by atoms with Gasteiger partial charge in [0.15, 0.2) is 0 Å². The molecule has 0 saturated carbocycles. The number of rotatable bonds is 4. The Balaban J connectivity index is 1.57. The Hall–Kier alpha value is -4.76. The van der Waals surface area contributed by atoms with Crippen LogP contribution in [-0.2, 0) is 6.42 Å². The number of hydrogen-bond donors (Lipinski definition) is 3. The molecular weight excluding hydrogens is 444 g/mol. The summed E-state index contributed by atoms with van der Waals surface area (Å²) in [6.45, 7) is 0. The van der Waals surface area contributed by atoms with Crippen LogP contribution in [0.5, 0.6) is 17.2 Å². The van der Waals surface area contributed by atoms with Gasteiger partial charge in [-0.1, -0.05) is 103 Å². The summed E-state index contributed by atoms with van der Waals surface area (Å²) in [4.78, 5) is 0. The van der Waals surface area contributed by atoms with Gasteiger partial charge in [-0.25, -0.2) is 0 Å². The first-order chi connectivity index (χ1) is 17.6. The van der Waals surface area contributed by atoms with Crippen LogP contribution in [0.3, 0.4) is 0 Å². The smallest absolute Gasteiger partial charge is 0.127 e. The Labute approximate surface area is 209 Å². The summed E-state index contributed by atoms with van der Waals surface area (Å²) < 4.78 is 0. The van der Waals surface area contributed by atoms with Gasteiger partial charge in [-0.3, -0.25) is 0 Å². The van der Waals surface area contributed by atoms with E-state index in [4.69, 9.17) is 0 Å². The van der Waals surface area contributed by atoms with Gasteiger partial charge < -0.3 is 15.3 Å². The van der Waals surface area contributed by atoms with Gasteiger partial charge in [0.25, 0.3) is 0 Å². The Kier molecular flexibility index (Phi) is 5.31. The van der Waals surface area contributed by atoms with Gasteiger partial charge in [0.2, 0.25) is 0 Å². The number of phenolic OH excluding ortho intramolecular Hbond substituents is 3. The van der Waals surface area contributed by atoms with E-state index in [0.717, 1.165) is 38.2 Å². The maximum absolute atomic E-state index is 11.7. The van der Waals surface area contributed by atoms with Gasteiger partial charge in [0.05, 0.1) is 0 Å². The summed E-state index contributed by atoms with van der Waals surface area (Å²) >= 11 is 0. The maximum atomic E-state index is 11.7. The predicted octanol–water partition coefficient (Wildman–Crippen LogP) is 8.03. The van der Waals surface area contributed by atoms with E-state index in [2.05, 4.69) is 0 Å². The van der Waals surface area contributed by atoms with E-state index in [-0.39, 0.29) is 17.2 Å². The first kappa shape index (κ1) is 21.8. The zero-order valence-electron chi connectivity index (χ0n) is 19.5. The predicted molar refractivity (Wildman–Crippen MR) is 147 cm³/mol. The highest BCUT2D eigenvalue weighted by Gasteiger charge is 2.20. The van der Waals surface area contributed by atoms with Crippen LogP contribution in [0.15, 0.2) is 115 Å². The fourth-order valence-corrected chi connectivity index (χ4v) is 5.10. The molecule has 0 aliphatic heterocycles. The summed E-state index contributed by atoms with van der Waals surface area (Å²) in [5.41, 5.74) is 4.27. The lowest BCUT2D eigenvalue weighted by Gasteiger charge is -2.18. The van der Waals surface area contributed by atoms with Crippen LogP contribution in [0.1, 0.15) is 11.1 Å². The molecule has 0 bridgehead atoms. The zero-order chi connectivity index (χ0) is 24.6. The molecular formula is C33H24O3. The van der Waals surface area contributed by atoms with Crippen LogP contribution in [0.25, 0.3) is 43.8 Å². The molecule has 0 fully saturated rings. The van der Waals surface area contributed by atoms with Gasteiger partial charge in [-0.05, 0) is 50.4 Å². The standard InChI is InChI=1S/C33H24O3/c34-29-18-17-22-11-4-6-14-26(22)30(29)31-27-15-7-5-12-23(27)19-25(33(31)36)20-24-13-8-16-28(32(24)35)21-9-2-1-3-10-21/h1-19,34-36H,20H2. The number of fused-ring (bicyclic) bond motifs is 2. The van der Waals surface area contributed by atoms with E-state index < -0.39 is 0 Å². The van der Waals surface area contributed by atoms with Crippen LogP contribution >= 0.6 is 0 Å². The normalized spacial score (nSPS) is 11.2. The Morgan fingerprint density at radius 3 is 1.92 bits per heavy atom. The third-order valence-electron chi connectivity index (χ3n) is 6.84. The van der Waals surface area contributed by atoms with Gasteiger partial charge in [0, 0.05) is 23.1 Å². The summed E-state index contributed by atoms with van der Waals surface area (Å²) in [5.74, 6) is 0.413. The SMILES string of the molecule is Oc1ccc2ccccc2c1-c1c(O)c(Cc2cccc(-c3ccccc3)c2O)cc2ccccc12. The highest BCUT2D eigenvalue weighted by Crippen LogP contribution is 2.47. The molecule has 0 unspecified atom stereocenters. The van der Waals surface area contributed by atoms with Crippen molar-refractivity contribution in [3.63, 3.8) is 0 Å². The molecule has 0 aliphatic carbocycles. The van der Waals surface area contributed by atoms with Crippen LogP contribution < -0.4 is 0 Å². The van der Waals surface area contributed by atoms with Crippen molar-refractivity contribution in [2.24, 2.45) is 0 Å². The van der Waals surface area contributed by atoms with Crippen molar-refractivity contribution in [3.8, 4) is 39.5 Å². The number of benzene rings is 6. The Morgan fingerprint density at radius 1 is 0.472 bits per heavy atom. The second-order valence-electron chi connectivity index (χ2n) is 9.02. The molecule has 36 heavy (non-hydrogen) atoms. The molecule has 0 radical (unpaired) electrons. The van der Waals surface area contributed by atoms with Crippen molar-refractivity contribution in [2.45, 2.75) is 6.42 Å². The third kappa shape index (κ3) is 3.62. The fourth-order valence-electron chi connectivity index (χ4n) is 5.10. The molecule has 3 heteroatoms. The molecule has 3 nitrogen and oxygen atoms in total. The zero-order valence-corrected chi connectivity index (χ0v) is 19.5. The second kappa shape index (κ2) is 8.79. The average molecular weight is 469 g/mol. The molecule has 6 aromatic carbocycles. The monoisotopic (exact) mass is 468 g/mol. The van der Waals surface area contributed by atoms with Crippen LogP contribution in [0.4, 0.5) is 0 Å². The van der Waals surface area contributed by atoms with E-state index in [1.807, 2.05) is 109 Å². The largest absolute Gasteiger partial charge is 0.507 e. The first-order valence-electron chi connectivity index (χ1n) is 11.9. The number of para-hydroxylation sites is 1. The van der Waals surface area contributed by atoms with Gasteiger partial charge in [0.1, 0.15) is 17.2 Å². The van der Waals surface area contributed by atoms with Gasteiger partial charge in [-0.2, -0.15) is 0 Å². The lowest BCUT2D eigenvalue weighted by Crippen LogP contribution is -1.95. The van der Waals surface area contributed by atoms with Crippen molar-refractivity contribution in [2.75, 3.05) is 0 Å². The molecule has 0 spiro atoms. The van der Waals surface area contributed by atoms with Gasteiger partial charge >= 0.3 is 0 Å². The van der Waals surface area contributed by atoms with E-state index in [9.17, 15) is 15.3 Å². The molecule has 6 aromatic rings. The van der Waals surface area contributed by atoms with Crippen molar-refractivity contribution in [3.05, 3.63) is 126 Å². The molecule has 3 N–H and O–H groups in total. The highest BCUT2D eigenvalue weighted by molar-refractivity contribution is 6.10. The van der Waals surface area contributed by atoms with E-state index in [1.54, 1.807) is 6.07 Å². The maximum Gasteiger partial charge on any atom is 0.127 e. The molecule has 0 amide bonds. The molecule has 0 atom stereocenters. The van der Waals surface area contributed by atoms with Gasteiger partial charge in [-0.15, -0.1) is 0 Å². The van der Waals surface area contributed by atoms with Crippen LogP contribution in [0.2, 0.25) is 0 Å². The topological polar surface area (TPSA) is 60.7 Å². The Bertz CT molecular complexity index is 1740. The van der Waals surface area contributed by atoms with E-state index >= 15 is 0 Å². The first-order valence-corrected chi connectivity index (χ1v) is 11.9. The minimum absolute atomic E-state index is 0.102. The second-order valence-corrected chi connectivity index (χ2v) is 9.02. The van der Waals surface area contributed by atoms with Crippen LogP contribution in [0, 0.1) is 0 Å². The molecule has 0 heterocycles.